The molecule has 0 radical (unpaired) electrons. The molecule has 0 aliphatic carbocycles. The van der Waals surface area contributed by atoms with Crippen molar-refractivity contribution in [2.45, 2.75) is 6.04 Å². The zero-order chi connectivity index (χ0) is 23.4. The number of nitrogens with zero attached hydrogens (tertiary/aromatic N) is 3. The maximum Gasteiger partial charge on any atom is 0.289 e. The Labute approximate surface area is 194 Å². The predicted molar refractivity (Wildman–Crippen MR) is 122 cm³/mol. The number of nitrogens with one attached hydrogen (secondary N) is 1. The third-order valence-electron chi connectivity index (χ3n) is 5.47. The average molecular weight is 469 g/mol. The third kappa shape index (κ3) is 5.05. The summed E-state index contributed by atoms with van der Waals surface area (Å²) in [4.78, 5) is 40.2. The SMILES string of the molecule is O=C(Nc1ccc(Cl)c([N+](=O)[O-])c1)[C@@H](c1ccccc1)N1CCN(C(=O)c2ccco2)CC1. The summed E-state index contributed by atoms with van der Waals surface area (Å²) < 4.78 is 5.21. The van der Waals surface area contributed by atoms with Crippen LogP contribution in [0.4, 0.5) is 11.4 Å². The number of hydrogen-bond donors (Lipinski definition) is 1. The van der Waals surface area contributed by atoms with E-state index in [1.165, 1.54) is 24.5 Å². The van der Waals surface area contributed by atoms with Gasteiger partial charge in [-0.2, -0.15) is 0 Å². The lowest BCUT2D eigenvalue weighted by Gasteiger charge is -2.38. The molecule has 1 N–H and O–H groups in total. The molecule has 2 heterocycles. The van der Waals surface area contributed by atoms with Crippen LogP contribution < -0.4 is 5.32 Å². The molecule has 0 unspecified atom stereocenters. The van der Waals surface area contributed by atoms with Crippen LogP contribution in [0.25, 0.3) is 0 Å². The first-order valence-corrected chi connectivity index (χ1v) is 10.7. The van der Waals surface area contributed by atoms with Crippen molar-refractivity contribution in [3.05, 3.63) is 93.4 Å². The summed E-state index contributed by atoms with van der Waals surface area (Å²) in [5.74, 6) is -0.234. The Kier molecular flexibility index (Phi) is 6.71. The Hall–Kier alpha value is -3.69. The van der Waals surface area contributed by atoms with Gasteiger partial charge in [0.1, 0.15) is 11.1 Å². The van der Waals surface area contributed by atoms with Crippen molar-refractivity contribution in [2.75, 3.05) is 31.5 Å². The second-order valence-electron chi connectivity index (χ2n) is 7.53. The molecular weight excluding hydrogens is 448 g/mol. The van der Waals surface area contributed by atoms with Gasteiger partial charge < -0.3 is 14.6 Å². The van der Waals surface area contributed by atoms with Gasteiger partial charge in [-0.3, -0.25) is 24.6 Å². The van der Waals surface area contributed by atoms with E-state index < -0.39 is 11.0 Å². The molecule has 1 aliphatic heterocycles. The Morgan fingerprint density at radius 2 is 1.76 bits per heavy atom. The second kappa shape index (κ2) is 9.85. The highest BCUT2D eigenvalue weighted by Gasteiger charge is 2.32. The van der Waals surface area contributed by atoms with E-state index in [9.17, 15) is 19.7 Å². The first-order valence-electron chi connectivity index (χ1n) is 10.3. The van der Waals surface area contributed by atoms with Gasteiger partial charge in [-0.05, 0) is 29.8 Å². The number of carbonyl (C=O) groups is 2. The minimum Gasteiger partial charge on any atom is -0.459 e. The average Bonchev–Trinajstić information content (AvgIpc) is 3.36. The molecule has 0 spiro atoms. The van der Waals surface area contributed by atoms with Gasteiger partial charge in [-0.15, -0.1) is 0 Å². The van der Waals surface area contributed by atoms with Crippen LogP contribution in [0.5, 0.6) is 0 Å². The van der Waals surface area contributed by atoms with Gasteiger partial charge in [0.2, 0.25) is 5.91 Å². The quantitative estimate of drug-likeness (QED) is 0.433. The molecule has 33 heavy (non-hydrogen) atoms. The molecule has 0 saturated carbocycles. The number of amides is 2. The fraction of sp³-hybridized carbons (Fsp3) is 0.217. The number of halogens is 1. The molecule has 4 rings (SSSR count). The number of nitro benzene ring substituents is 1. The number of piperazine rings is 1. The van der Waals surface area contributed by atoms with Gasteiger partial charge in [-0.1, -0.05) is 41.9 Å². The van der Waals surface area contributed by atoms with E-state index in [2.05, 4.69) is 5.32 Å². The number of benzene rings is 2. The summed E-state index contributed by atoms with van der Waals surface area (Å²) in [7, 11) is 0. The maximum atomic E-state index is 13.3. The molecule has 1 saturated heterocycles. The van der Waals surface area contributed by atoms with Crippen molar-refractivity contribution in [1.29, 1.82) is 0 Å². The molecule has 10 heteroatoms. The Bertz CT molecular complexity index is 1140. The lowest BCUT2D eigenvalue weighted by Crippen LogP contribution is -2.51. The summed E-state index contributed by atoms with van der Waals surface area (Å²) >= 11 is 5.88. The van der Waals surface area contributed by atoms with E-state index >= 15 is 0 Å². The van der Waals surface area contributed by atoms with Crippen LogP contribution >= 0.6 is 11.6 Å². The highest BCUT2D eigenvalue weighted by atomic mass is 35.5. The molecule has 170 valence electrons. The van der Waals surface area contributed by atoms with Crippen molar-refractivity contribution in [3.8, 4) is 0 Å². The highest BCUT2D eigenvalue weighted by Crippen LogP contribution is 2.29. The van der Waals surface area contributed by atoms with Gasteiger partial charge in [-0.25, -0.2) is 0 Å². The van der Waals surface area contributed by atoms with E-state index in [4.69, 9.17) is 16.0 Å². The summed E-state index contributed by atoms with van der Waals surface area (Å²) in [6.45, 7) is 1.81. The lowest BCUT2D eigenvalue weighted by molar-refractivity contribution is -0.384. The van der Waals surface area contributed by atoms with Gasteiger partial charge in [0.15, 0.2) is 5.76 Å². The summed E-state index contributed by atoms with van der Waals surface area (Å²) in [5.41, 5.74) is 0.781. The smallest absolute Gasteiger partial charge is 0.289 e. The van der Waals surface area contributed by atoms with Gasteiger partial charge in [0, 0.05) is 37.9 Å². The third-order valence-corrected chi connectivity index (χ3v) is 5.79. The number of nitro groups is 1. The largest absolute Gasteiger partial charge is 0.459 e. The van der Waals surface area contributed by atoms with E-state index in [0.29, 0.717) is 26.2 Å². The van der Waals surface area contributed by atoms with E-state index in [1.807, 2.05) is 35.2 Å². The van der Waals surface area contributed by atoms with Gasteiger partial charge in [0.05, 0.1) is 11.2 Å². The van der Waals surface area contributed by atoms with Crippen molar-refractivity contribution < 1.29 is 18.9 Å². The monoisotopic (exact) mass is 468 g/mol. The van der Waals surface area contributed by atoms with Crippen molar-refractivity contribution in [1.82, 2.24) is 9.80 Å². The molecule has 9 nitrogen and oxygen atoms in total. The molecule has 0 bridgehead atoms. The first kappa shape index (κ1) is 22.5. The molecule has 1 aromatic heterocycles. The molecule has 1 fully saturated rings. The van der Waals surface area contributed by atoms with E-state index in [1.54, 1.807) is 17.0 Å². The molecule has 3 aromatic rings. The maximum absolute atomic E-state index is 13.3. The number of furan rings is 1. The molecular formula is C23H21ClN4O5. The van der Waals surface area contributed by atoms with Gasteiger partial charge >= 0.3 is 0 Å². The van der Waals surface area contributed by atoms with Crippen LogP contribution in [-0.4, -0.2) is 52.7 Å². The standard InChI is InChI=1S/C23H21ClN4O5/c24-18-9-8-17(15-19(18)28(31)32)25-22(29)21(16-5-2-1-3-6-16)26-10-12-27(13-11-26)23(30)20-7-4-14-33-20/h1-9,14-15,21H,10-13H2,(H,25,29)/t21-/m1/s1. The van der Waals surface area contributed by atoms with Crippen LogP contribution in [0.15, 0.2) is 71.3 Å². The van der Waals surface area contributed by atoms with Crippen LogP contribution in [-0.2, 0) is 4.79 Å². The lowest BCUT2D eigenvalue weighted by atomic mass is 10.0. The normalized spacial score (nSPS) is 15.1. The minimum atomic E-state index is -0.637. The summed E-state index contributed by atoms with van der Waals surface area (Å²) in [6.07, 6.45) is 1.46. The van der Waals surface area contributed by atoms with Gasteiger partial charge in [0.25, 0.3) is 11.6 Å². The van der Waals surface area contributed by atoms with Crippen LogP contribution in [0.2, 0.25) is 5.02 Å². The Morgan fingerprint density at radius 3 is 2.39 bits per heavy atom. The molecule has 1 aliphatic rings. The van der Waals surface area contributed by atoms with E-state index in [0.717, 1.165) is 5.56 Å². The van der Waals surface area contributed by atoms with Crippen molar-refractivity contribution in [3.63, 3.8) is 0 Å². The predicted octanol–water partition coefficient (Wildman–Crippen LogP) is 3.98. The van der Waals surface area contributed by atoms with E-state index in [-0.39, 0.29) is 34.0 Å². The number of carbonyl (C=O) groups excluding carboxylic acids is 2. The Balaban J connectivity index is 1.52. The molecule has 2 aromatic carbocycles. The van der Waals surface area contributed by atoms with Crippen molar-refractivity contribution in [2.24, 2.45) is 0 Å². The number of rotatable bonds is 6. The zero-order valence-electron chi connectivity index (χ0n) is 17.5. The summed E-state index contributed by atoms with van der Waals surface area (Å²) in [6, 6.07) is 16.1. The van der Waals surface area contributed by atoms with Crippen LogP contribution in [0.3, 0.4) is 0 Å². The topological polar surface area (TPSA) is 109 Å². The second-order valence-corrected chi connectivity index (χ2v) is 7.94. The number of anilines is 1. The number of hydrogen-bond acceptors (Lipinski definition) is 6. The fourth-order valence-corrected chi connectivity index (χ4v) is 4.03. The van der Waals surface area contributed by atoms with Crippen LogP contribution in [0, 0.1) is 10.1 Å². The zero-order valence-corrected chi connectivity index (χ0v) is 18.3. The first-order chi connectivity index (χ1) is 15.9. The highest BCUT2D eigenvalue weighted by molar-refractivity contribution is 6.32. The fourth-order valence-electron chi connectivity index (χ4n) is 3.84. The Morgan fingerprint density at radius 1 is 1.03 bits per heavy atom. The molecule has 2 amide bonds. The van der Waals surface area contributed by atoms with Crippen LogP contribution in [0.1, 0.15) is 22.2 Å². The molecule has 1 atom stereocenters. The minimum absolute atomic E-state index is 0.00467. The van der Waals surface area contributed by atoms with Crippen molar-refractivity contribution >= 4 is 34.8 Å². The summed E-state index contributed by atoms with van der Waals surface area (Å²) in [5, 5.41) is 14.0.